The maximum absolute atomic E-state index is 4.48. The van der Waals surface area contributed by atoms with Gasteiger partial charge >= 0.3 is 0 Å². The van der Waals surface area contributed by atoms with Gasteiger partial charge in [0.05, 0.1) is 5.71 Å². The normalized spacial score (nSPS) is 23.3. The van der Waals surface area contributed by atoms with Gasteiger partial charge in [-0.05, 0) is 6.08 Å². The second kappa shape index (κ2) is 2.99. The molecule has 0 radical (unpaired) electrons. The standard InChI is InChI=1S/C10H7N3S/c1-2-4-8-7(3-1)12-9(13-8)10-11-5-6-14-10/h1-7H. The minimum atomic E-state index is 0.110. The number of aliphatic imine (C=N–C) groups is 2. The SMILES string of the molecule is C1=CC2=NC(c3nccs3)=NC2C=C1. The Morgan fingerprint density at radius 3 is 3.07 bits per heavy atom. The van der Waals surface area contributed by atoms with Crippen molar-refractivity contribution in [3.05, 3.63) is 40.9 Å². The van der Waals surface area contributed by atoms with Crippen LogP contribution in [0.25, 0.3) is 0 Å². The Hall–Kier alpha value is -1.55. The van der Waals surface area contributed by atoms with Crippen molar-refractivity contribution < 1.29 is 0 Å². The average molecular weight is 201 g/mol. The van der Waals surface area contributed by atoms with E-state index in [0.29, 0.717) is 0 Å². The number of nitrogens with zero attached hydrogens (tertiary/aromatic N) is 3. The summed E-state index contributed by atoms with van der Waals surface area (Å²) in [5.41, 5.74) is 1.01. The fraction of sp³-hybridized carbons (Fsp3) is 0.100. The van der Waals surface area contributed by atoms with E-state index in [1.807, 2.05) is 29.7 Å². The Kier molecular flexibility index (Phi) is 1.67. The molecule has 1 aromatic rings. The first-order valence-corrected chi connectivity index (χ1v) is 5.22. The molecule has 1 unspecified atom stereocenters. The van der Waals surface area contributed by atoms with Crippen LogP contribution in [0, 0.1) is 0 Å². The van der Waals surface area contributed by atoms with Crippen molar-refractivity contribution in [2.75, 3.05) is 0 Å². The van der Waals surface area contributed by atoms with Crippen LogP contribution in [-0.4, -0.2) is 22.6 Å². The van der Waals surface area contributed by atoms with Gasteiger partial charge in [0.1, 0.15) is 6.04 Å². The van der Waals surface area contributed by atoms with Crippen molar-refractivity contribution in [2.45, 2.75) is 6.04 Å². The summed E-state index contributed by atoms with van der Waals surface area (Å²) in [6, 6.07) is 0.110. The molecule has 0 saturated carbocycles. The number of allylic oxidation sites excluding steroid dienone is 2. The zero-order chi connectivity index (χ0) is 9.38. The number of aromatic nitrogens is 1. The fourth-order valence-corrected chi connectivity index (χ4v) is 2.03. The number of thiazole rings is 1. The van der Waals surface area contributed by atoms with Crippen molar-refractivity contribution in [2.24, 2.45) is 9.98 Å². The predicted molar refractivity (Wildman–Crippen MR) is 58.2 cm³/mol. The van der Waals surface area contributed by atoms with Crippen LogP contribution < -0.4 is 0 Å². The van der Waals surface area contributed by atoms with Crippen LogP contribution in [0.1, 0.15) is 5.01 Å². The molecule has 0 fully saturated rings. The summed E-state index contributed by atoms with van der Waals surface area (Å²) < 4.78 is 0. The van der Waals surface area contributed by atoms with Gasteiger partial charge < -0.3 is 0 Å². The Bertz CT molecular complexity index is 466. The third-order valence-corrected chi connectivity index (χ3v) is 2.86. The molecule has 1 aromatic heterocycles. The number of fused-ring (bicyclic) bond motifs is 1. The molecule has 0 spiro atoms. The number of hydrogen-bond acceptors (Lipinski definition) is 4. The van der Waals surface area contributed by atoms with Crippen LogP contribution in [0.2, 0.25) is 0 Å². The summed E-state index contributed by atoms with van der Waals surface area (Å²) in [5.74, 6) is 0.760. The monoisotopic (exact) mass is 201 g/mol. The van der Waals surface area contributed by atoms with E-state index in [9.17, 15) is 0 Å². The van der Waals surface area contributed by atoms with Gasteiger partial charge in [-0.1, -0.05) is 18.2 Å². The van der Waals surface area contributed by atoms with Gasteiger partial charge in [0, 0.05) is 11.6 Å². The Balaban J connectivity index is 2.02. The Morgan fingerprint density at radius 2 is 2.29 bits per heavy atom. The molecular weight excluding hydrogens is 194 g/mol. The second-order valence-electron chi connectivity index (χ2n) is 3.02. The topological polar surface area (TPSA) is 37.6 Å². The molecule has 0 amide bonds. The van der Waals surface area contributed by atoms with Crippen LogP contribution in [0.15, 0.2) is 45.9 Å². The van der Waals surface area contributed by atoms with Crippen molar-refractivity contribution >= 4 is 22.9 Å². The largest absolute Gasteiger partial charge is 0.250 e. The highest BCUT2D eigenvalue weighted by Gasteiger charge is 2.21. The molecule has 0 aromatic carbocycles. The molecule has 1 atom stereocenters. The molecule has 68 valence electrons. The third kappa shape index (κ3) is 1.15. The maximum atomic E-state index is 4.48. The molecule has 14 heavy (non-hydrogen) atoms. The smallest absolute Gasteiger partial charge is 0.185 e. The molecule has 4 heteroatoms. The van der Waals surface area contributed by atoms with Gasteiger partial charge in [0.2, 0.25) is 0 Å². The fourth-order valence-electron chi connectivity index (χ4n) is 1.45. The average Bonchev–Trinajstić information content (AvgIpc) is 2.86. The lowest BCUT2D eigenvalue weighted by Crippen LogP contribution is -2.11. The zero-order valence-electron chi connectivity index (χ0n) is 7.29. The van der Waals surface area contributed by atoms with Gasteiger partial charge in [-0.15, -0.1) is 11.3 Å². The third-order valence-electron chi connectivity index (χ3n) is 2.09. The first-order chi connectivity index (χ1) is 6.93. The summed E-state index contributed by atoms with van der Waals surface area (Å²) >= 11 is 1.57. The number of amidine groups is 1. The molecule has 0 bridgehead atoms. The highest BCUT2D eigenvalue weighted by molar-refractivity contribution is 7.11. The van der Waals surface area contributed by atoms with Crippen molar-refractivity contribution in [3.8, 4) is 0 Å². The summed E-state index contributed by atoms with van der Waals surface area (Å²) in [6.07, 6.45) is 9.79. The van der Waals surface area contributed by atoms with Crippen molar-refractivity contribution in [1.29, 1.82) is 0 Å². The summed E-state index contributed by atoms with van der Waals surface area (Å²) in [7, 11) is 0. The van der Waals surface area contributed by atoms with Crippen LogP contribution in [0.4, 0.5) is 0 Å². The van der Waals surface area contributed by atoms with E-state index in [4.69, 9.17) is 0 Å². The van der Waals surface area contributed by atoms with Crippen molar-refractivity contribution in [1.82, 2.24) is 4.98 Å². The van der Waals surface area contributed by atoms with Gasteiger partial charge in [-0.3, -0.25) is 0 Å². The summed E-state index contributed by atoms with van der Waals surface area (Å²) in [6.45, 7) is 0. The van der Waals surface area contributed by atoms with Gasteiger partial charge in [0.15, 0.2) is 10.8 Å². The van der Waals surface area contributed by atoms with E-state index in [-0.39, 0.29) is 6.04 Å². The predicted octanol–water partition coefficient (Wildman–Crippen LogP) is 1.84. The van der Waals surface area contributed by atoms with Gasteiger partial charge in [-0.25, -0.2) is 15.0 Å². The molecule has 2 heterocycles. The van der Waals surface area contributed by atoms with E-state index in [1.165, 1.54) is 0 Å². The molecular formula is C10H7N3S. The summed E-state index contributed by atoms with van der Waals surface area (Å²) in [4.78, 5) is 13.1. The highest BCUT2D eigenvalue weighted by Crippen LogP contribution is 2.17. The molecule has 1 aliphatic heterocycles. The first kappa shape index (κ1) is 7.82. The zero-order valence-corrected chi connectivity index (χ0v) is 8.11. The highest BCUT2D eigenvalue weighted by atomic mass is 32.1. The molecule has 1 aliphatic carbocycles. The van der Waals surface area contributed by atoms with Crippen LogP contribution in [0.3, 0.4) is 0 Å². The van der Waals surface area contributed by atoms with E-state index in [2.05, 4.69) is 15.0 Å². The number of hydrogen-bond donors (Lipinski definition) is 0. The lowest BCUT2D eigenvalue weighted by atomic mass is 10.1. The minimum absolute atomic E-state index is 0.110. The van der Waals surface area contributed by atoms with Gasteiger partial charge in [0.25, 0.3) is 0 Å². The Labute approximate surface area is 85.2 Å². The lowest BCUT2D eigenvalue weighted by Gasteiger charge is -2.02. The lowest BCUT2D eigenvalue weighted by molar-refractivity contribution is 1.11. The first-order valence-electron chi connectivity index (χ1n) is 4.34. The van der Waals surface area contributed by atoms with E-state index in [1.54, 1.807) is 17.5 Å². The summed E-state index contributed by atoms with van der Waals surface area (Å²) in [5, 5.41) is 2.83. The number of rotatable bonds is 1. The van der Waals surface area contributed by atoms with E-state index >= 15 is 0 Å². The van der Waals surface area contributed by atoms with Gasteiger partial charge in [-0.2, -0.15) is 0 Å². The molecule has 0 saturated heterocycles. The quantitative estimate of drug-likeness (QED) is 0.683. The van der Waals surface area contributed by atoms with Crippen LogP contribution in [-0.2, 0) is 0 Å². The Morgan fingerprint density at radius 1 is 1.29 bits per heavy atom. The van der Waals surface area contributed by atoms with E-state index < -0.39 is 0 Å². The molecule has 0 N–H and O–H groups in total. The minimum Gasteiger partial charge on any atom is -0.250 e. The van der Waals surface area contributed by atoms with Crippen molar-refractivity contribution in [3.63, 3.8) is 0 Å². The van der Waals surface area contributed by atoms with Crippen LogP contribution >= 0.6 is 11.3 Å². The molecule has 3 nitrogen and oxygen atoms in total. The second-order valence-corrected chi connectivity index (χ2v) is 3.91. The van der Waals surface area contributed by atoms with E-state index in [0.717, 1.165) is 16.6 Å². The van der Waals surface area contributed by atoms with Crippen LogP contribution in [0.5, 0.6) is 0 Å². The molecule has 3 rings (SSSR count). The molecule has 2 aliphatic rings. The maximum Gasteiger partial charge on any atom is 0.185 e.